The minimum absolute atomic E-state index is 0.0625. The maximum Gasteiger partial charge on any atom is 0.416 e. The molecule has 0 spiro atoms. The van der Waals surface area contributed by atoms with Crippen molar-refractivity contribution in [2.24, 2.45) is 18.0 Å². The van der Waals surface area contributed by atoms with Crippen molar-refractivity contribution in [2.75, 3.05) is 7.11 Å². The zero-order chi connectivity index (χ0) is 21.6. The lowest BCUT2D eigenvalue weighted by Gasteiger charge is -2.20. The molecule has 0 radical (unpaired) electrons. The highest BCUT2D eigenvalue weighted by Crippen LogP contribution is 2.33. The van der Waals surface area contributed by atoms with E-state index in [1.807, 2.05) is 22.5 Å². The van der Waals surface area contributed by atoms with Crippen LogP contribution < -0.4 is 10.2 Å². The standard InChI is InChI=1S/C21H26F3N3O2/c1-20(2,3)17-11-18(27(26(17)4)12-13-6-7-13)25-19(28)15-10-14(21(22,23)24)8-9-16(15)29-5/h8-11,13H,6-7,12H2,1-5H3/b25-18+. The molecule has 1 heterocycles. The lowest BCUT2D eigenvalue weighted by atomic mass is 9.92. The molecule has 2 aromatic rings. The highest BCUT2D eigenvalue weighted by atomic mass is 19.4. The number of carbonyl (C=O) groups is 1. The van der Waals surface area contributed by atoms with Crippen molar-refractivity contribution in [3.8, 4) is 5.75 Å². The molecule has 1 aliphatic carbocycles. The first-order chi connectivity index (χ1) is 13.4. The molecule has 1 aromatic carbocycles. The van der Waals surface area contributed by atoms with Crippen molar-refractivity contribution in [3.05, 3.63) is 46.6 Å². The van der Waals surface area contributed by atoms with E-state index in [9.17, 15) is 18.0 Å². The number of benzene rings is 1. The molecule has 29 heavy (non-hydrogen) atoms. The largest absolute Gasteiger partial charge is 0.496 e. The van der Waals surface area contributed by atoms with E-state index in [0.717, 1.165) is 43.3 Å². The molecule has 1 aromatic heterocycles. The maximum absolute atomic E-state index is 13.1. The molecule has 0 N–H and O–H groups in total. The molecule has 0 bridgehead atoms. The molecule has 0 atom stereocenters. The Kier molecular flexibility index (Phi) is 5.40. The van der Waals surface area contributed by atoms with Crippen molar-refractivity contribution < 1.29 is 22.7 Å². The summed E-state index contributed by atoms with van der Waals surface area (Å²) in [5.74, 6) is -0.162. The third kappa shape index (κ3) is 4.57. The Labute approximate surface area is 167 Å². The smallest absolute Gasteiger partial charge is 0.416 e. The highest BCUT2D eigenvalue weighted by molar-refractivity contribution is 5.97. The number of ether oxygens (including phenoxy) is 1. The van der Waals surface area contributed by atoms with Crippen LogP contribution in [0.4, 0.5) is 13.2 Å². The van der Waals surface area contributed by atoms with Gasteiger partial charge in [-0.05, 0) is 37.0 Å². The second kappa shape index (κ2) is 7.39. The molecule has 1 saturated carbocycles. The quantitative estimate of drug-likeness (QED) is 0.756. The number of nitrogens with zero attached hydrogens (tertiary/aromatic N) is 3. The van der Waals surface area contributed by atoms with Crippen LogP contribution in [0.25, 0.3) is 0 Å². The van der Waals surface area contributed by atoms with Gasteiger partial charge in [0.2, 0.25) is 0 Å². The summed E-state index contributed by atoms with van der Waals surface area (Å²) in [6, 6.07) is 4.67. The topological polar surface area (TPSA) is 48.5 Å². The monoisotopic (exact) mass is 409 g/mol. The van der Waals surface area contributed by atoms with Gasteiger partial charge >= 0.3 is 6.18 Å². The van der Waals surface area contributed by atoms with Gasteiger partial charge in [-0.2, -0.15) is 18.2 Å². The van der Waals surface area contributed by atoms with Gasteiger partial charge in [0, 0.05) is 30.8 Å². The molecular weight excluding hydrogens is 383 g/mol. The number of hydrogen-bond acceptors (Lipinski definition) is 2. The van der Waals surface area contributed by atoms with Crippen LogP contribution in [0.3, 0.4) is 0 Å². The van der Waals surface area contributed by atoms with Crippen LogP contribution in [0, 0.1) is 5.92 Å². The van der Waals surface area contributed by atoms with Gasteiger partial charge in [0.15, 0.2) is 5.49 Å². The SMILES string of the molecule is COc1ccc(C(F)(F)F)cc1C(=O)/N=c1\cc(C(C)(C)C)n(C)n1CC1CC1. The van der Waals surface area contributed by atoms with Crippen molar-refractivity contribution >= 4 is 5.91 Å². The van der Waals surface area contributed by atoms with Gasteiger partial charge in [-0.1, -0.05) is 20.8 Å². The highest BCUT2D eigenvalue weighted by Gasteiger charge is 2.32. The predicted molar refractivity (Wildman–Crippen MR) is 103 cm³/mol. The van der Waals surface area contributed by atoms with Crippen LogP contribution in [0.15, 0.2) is 29.3 Å². The Bertz CT molecular complexity index is 990. The summed E-state index contributed by atoms with van der Waals surface area (Å²) in [6.07, 6.45) is -2.31. The number of amides is 1. The first-order valence-electron chi connectivity index (χ1n) is 9.53. The Morgan fingerprint density at radius 3 is 2.38 bits per heavy atom. The number of methoxy groups -OCH3 is 1. The summed E-state index contributed by atoms with van der Waals surface area (Å²) in [6.45, 7) is 6.90. The third-order valence-electron chi connectivity index (χ3n) is 5.11. The van der Waals surface area contributed by atoms with Gasteiger partial charge < -0.3 is 4.74 Å². The van der Waals surface area contributed by atoms with Crippen LogP contribution in [0.2, 0.25) is 0 Å². The third-order valence-corrected chi connectivity index (χ3v) is 5.11. The van der Waals surface area contributed by atoms with Crippen LogP contribution in [-0.2, 0) is 25.2 Å². The van der Waals surface area contributed by atoms with Crippen LogP contribution in [0.1, 0.15) is 55.2 Å². The number of rotatable bonds is 4. The van der Waals surface area contributed by atoms with Crippen molar-refractivity contribution in [1.29, 1.82) is 0 Å². The maximum atomic E-state index is 13.1. The lowest BCUT2D eigenvalue weighted by molar-refractivity contribution is -0.137. The zero-order valence-corrected chi connectivity index (χ0v) is 17.3. The Balaban J connectivity index is 2.11. The molecule has 1 aliphatic rings. The lowest BCUT2D eigenvalue weighted by Crippen LogP contribution is -2.26. The molecule has 158 valence electrons. The molecule has 8 heteroatoms. The number of carbonyl (C=O) groups excluding carboxylic acids is 1. The molecule has 1 amide bonds. The van der Waals surface area contributed by atoms with Crippen molar-refractivity contribution in [1.82, 2.24) is 9.36 Å². The molecule has 3 rings (SSSR count). The molecule has 1 fully saturated rings. The summed E-state index contributed by atoms with van der Waals surface area (Å²) in [7, 11) is 3.23. The van der Waals surface area contributed by atoms with E-state index in [1.165, 1.54) is 7.11 Å². The minimum Gasteiger partial charge on any atom is -0.496 e. The molecule has 0 unspecified atom stereocenters. The van der Waals surface area contributed by atoms with E-state index in [0.29, 0.717) is 11.4 Å². The Morgan fingerprint density at radius 2 is 1.86 bits per heavy atom. The van der Waals surface area contributed by atoms with Gasteiger partial charge in [0.05, 0.1) is 18.2 Å². The van der Waals surface area contributed by atoms with E-state index in [-0.39, 0.29) is 16.7 Å². The zero-order valence-electron chi connectivity index (χ0n) is 17.3. The Morgan fingerprint density at radius 1 is 1.21 bits per heavy atom. The van der Waals surface area contributed by atoms with Gasteiger partial charge in [-0.3, -0.25) is 14.2 Å². The summed E-state index contributed by atoms with van der Waals surface area (Å²) in [5, 5.41) is 0. The van der Waals surface area contributed by atoms with E-state index in [2.05, 4.69) is 25.8 Å². The molecule has 0 saturated heterocycles. The van der Waals surface area contributed by atoms with Gasteiger partial charge in [-0.15, -0.1) is 0 Å². The summed E-state index contributed by atoms with van der Waals surface area (Å²) >= 11 is 0. The van der Waals surface area contributed by atoms with Crippen molar-refractivity contribution in [3.63, 3.8) is 0 Å². The molecule has 5 nitrogen and oxygen atoms in total. The molecular formula is C21H26F3N3O2. The normalized spacial score (nSPS) is 15.7. The number of halogens is 3. The fourth-order valence-corrected chi connectivity index (χ4v) is 3.34. The van der Waals surface area contributed by atoms with Crippen LogP contribution in [0.5, 0.6) is 5.75 Å². The van der Waals surface area contributed by atoms with E-state index < -0.39 is 17.6 Å². The average molecular weight is 409 g/mol. The summed E-state index contributed by atoms with van der Waals surface area (Å²) in [5.41, 5.74) is 0.132. The van der Waals surface area contributed by atoms with E-state index in [1.54, 1.807) is 0 Å². The first kappa shape index (κ1) is 21.2. The number of aromatic nitrogens is 2. The fourth-order valence-electron chi connectivity index (χ4n) is 3.34. The van der Waals surface area contributed by atoms with E-state index >= 15 is 0 Å². The predicted octanol–water partition coefficient (Wildman–Crippen LogP) is 4.30. The first-order valence-corrected chi connectivity index (χ1v) is 9.53. The average Bonchev–Trinajstić information content (AvgIpc) is 3.38. The summed E-state index contributed by atoms with van der Waals surface area (Å²) < 4.78 is 48.3. The minimum atomic E-state index is -4.56. The van der Waals surface area contributed by atoms with Gasteiger partial charge in [-0.25, -0.2) is 0 Å². The van der Waals surface area contributed by atoms with E-state index in [4.69, 9.17) is 4.74 Å². The van der Waals surface area contributed by atoms with Gasteiger partial charge in [0.1, 0.15) is 5.75 Å². The second-order valence-electron chi connectivity index (χ2n) is 8.52. The number of hydrogen-bond donors (Lipinski definition) is 0. The summed E-state index contributed by atoms with van der Waals surface area (Å²) in [4.78, 5) is 17.1. The van der Waals surface area contributed by atoms with Crippen LogP contribution >= 0.6 is 0 Å². The van der Waals surface area contributed by atoms with Gasteiger partial charge in [0.25, 0.3) is 5.91 Å². The van der Waals surface area contributed by atoms with Crippen LogP contribution in [-0.4, -0.2) is 22.4 Å². The molecule has 0 aliphatic heterocycles. The van der Waals surface area contributed by atoms with Crippen molar-refractivity contribution in [2.45, 2.75) is 51.7 Å². The Hall–Kier alpha value is -2.51. The fraction of sp³-hybridized carbons (Fsp3) is 0.524. The number of alkyl halides is 3. The second-order valence-corrected chi connectivity index (χ2v) is 8.52.